The standard InChI is InChI=1S/C21H19ClN4OS/c1-3-26-19-16(21(27)24-17-7-8-18(22)25-20(17)26)10-14(11-23-19)12-28-15-6-4-5-13(2)9-15/h4-11H,3,12H2,1-2H3,(H,24,27). The van der Waals surface area contributed by atoms with Crippen molar-refractivity contribution in [3.8, 4) is 0 Å². The molecule has 5 nitrogen and oxygen atoms in total. The number of hydrogen-bond donors (Lipinski definition) is 1. The summed E-state index contributed by atoms with van der Waals surface area (Å²) < 4.78 is 0. The van der Waals surface area contributed by atoms with Gasteiger partial charge in [-0.2, -0.15) is 0 Å². The Balaban J connectivity index is 1.66. The number of aromatic nitrogens is 2. The van der Waals surface area contributed by atoms with E-state index < -0.39 is 0 Å². The maximum absolute atomic E-state index is 12.8. The summed E-state index contributed by atoms with van der Waals surface area (Å²) in [4.78, 5) is 25.0. The molecule has 142 valence electrons. The second-order valence-corrected chi connectivity index (χ2v) is 7.96. The second-order valence-electron chi connectivity index (χ2n) is 6.52. The van der Waals surface area contributed by atoms with Crippen molar-refractivity contribution in [1.82, 2.24) is 9.97 Å². The van der Waals surface area contributed by atoms with Crippen LogP contribution in [0.5, 0.6) is 0 Å². The fourth-order valence-corrected chi connectivity index (χ4v) is 4.23. The van der Waals surface area contributed by atoms with Gasteiger partial charge in [0.25, 0.3) is 5.91 Å². The Hall–Kier alpha value is -2.57. The highest BCUT2D eigenvalue weighted by Gasteiger charge is 2.27. The predicted molar refractivity (Wildman–Crippen MR) is 115 cm³/mol. The van der Waals surface area contributed by atoms with Crippen LogP contribution in [0.15, 0.2) is 53.6 Å². The zero-order chi connectivity index (χ0) is 19.7. The van der Waals surface area contributed by atoms with E-state index in [0.717, 1.165) is 11.3 Å². The number of fused-ring (bicyclic) bond motifs is 2. The third kappa shape index (κ3) is 3.70. The number of nitrogens with one attached hydrogen (secondary N) is 1. The first-order valence-electron chi connectivity index (χ1n) is 8.99. The number of benzene rings is 1. The van der Waals surface area contributed by atoms with Crippen molar-refractivity contribution in [3.63, 3.8) is 0 Å². The first-order valence-corrected chi connectivity index (χ1v) is 10.4. The monoisotopic (exact) mass is 410 g/mol. The minimum absolute atomic E-state index is 0.189. The Bertz CT molecular complexity index is 1060. The van der Waals surface area contributed by atoms with Gasteiger partial charge in [-0.05, 0) is 49.7 Å². The Morgan fingerprint density at radius 2 is 2.04 bits per heavy atom. The normalized spacial score (nSPS) is 12.8. The summed E-state index contributed by atoms with van der Waals surface area (Å²) in [5.41, 5.74) is 3.39. The smallest absolute Gasteiger partial charge is 0.259 e. The van der Waals surface area contributed by atoms with Gasteiger partial charge in [0.2, 0.25) is 0 Å². The highest BCUT2D eigenvalue weighted by atomic mass is 35.5. The van der Waals surface area contributed by atoms with Gasteiger partial charge in [0, 0.05) is 23.4 Å². The third-order valence-corrected chi connectivity index (χ3v) is 5.76. The molecule has 0 radical (unpaired) electrons. The molecule has 1 aromatic carbocycles. The Labute approximate surface area is 173 Å². The first-order chi connectivity index (χ1) is 13.5. The van der Waals surface area contributed by atoms with Crippen LogP contribution in [0, 0.1) is 6.92 Å². The van der Waals surface area contributed by atoms with E-state index in [9.17, 15) is 4.79 Å². The lowest BCUT2D eigenvalue weighted by molar-refractivity contribution is 0.102. The molecular weight excluding hydrogens is 392 g/mol. The maximum atomic E-state index is 12.8. The third-order valence-electron chi connectivity index (χ3n) is 4.48. The molecule has 1 amide bonds. The second kappa shape index (κ2) is 7.81. The van der Waals surface area contributed by atoms with Crippen molar-refractivity contribution in [2.24, 2.45) is 0 Å². The van der Waals surface area contributed by atoms with Gasteiger partial charge < -0.3 is 10.2 Å². The molecule has 0 atom stereocenters. The minimum Gasteiger partial charge on any atom is -0.319 e. The number of aryl methyl sites for hydroxylation is 1. The van der Waals surface area contributed by atoms with E-state index in [1.54, 1.807) is 23.9 Å². The molecule has 7 heteroatoms. The number of pyridine rings is 2. The number of rotatable bonds is 4. The van der Waals surface area contributed by atoms with Gasteiger partial charge in [-0.3, -0.25) is 4.79 Å². The van der Waals surface area contributed by atoms with E-state index in [1.165, 1.54) is 10.5 Å². The van der Waals surface area contributed by atoms with Crippen molar-refractivity contribution in [2.45, 2.75) is 24.5 Å². The molecule has 0 saturated heterocycles. The zero-order valence-electron chi connectivity index (χ0n) is 15.6. The van der Waals surface area contributed by atoms with Crippen molar-refractivity contribution < 1.29 is 4.79 Å². The van der Waals surface area contributed by atoms with Crippen LogP contribution in [-0.2, 0) is 5.75 Å². The van der Waals surface area contributed by atoms with Crippen molar-refractivity contribution in [2.75, 3.05) is 16.8 Å². The van der Waals surface area contributed by atoms with Crippen LogP contribution in [0.4, 0.5) is 17.3 Å². The van der Waals surface area contributed by atoms with Crippen LogP contribution in [0.1, 0.15) is 28.4 Å². The summed E-state index contributed by atoms with van der Waals surface area (Å²) in [6.07, 6.45) is 1.83. The Morgan fingerprint density at radius 3 is 2.82 bits per heavy atom. The van der Waals surface area contributed by atoms with Crippen molar-refractivity contribution in [3.05, 3.63) is 70.5 Å². The predicted octanol–water partition coefficient (Wildman–Crippen LogP) is 5.45. The van der Waals surface area contributed by atoms with Crippen molar-refractivity contribution >= 4 is 46.6 Å². The number of nitrogens with zero attached hydrogens (tertiary/aromatic N) is 3. The van der Waals surface area contributed by atoms with Gasteiger partial charge in [-0.25, -0.2) is 9.97 Å². The van der Waals surface area contributed by atoms with Crippen LogP contribution in [0.3, 0.4) is 0 Å². The SMILES string of the molecule is CCN1c2nc(Cl)ccc2NC(=O)c2cc(CSc3cccc(C)c3)cnc21. The fraction of sp³-hybridized carbons (Fsp3) is 0.190. The highest BCUT2D eigenvalue weighted by Crippen LogP contribution is 2.36. The van der Waals surface area contributed by atoms with Gasteiger partial charge in [0.05, 0.1) is 11.3 Å². The number of halogens is 1. The number of anilines is 3. The van der Waals surface area contributed by atoms with E-state index in [-0.39, 0.29) is 5.91 Å². The average molecular weight is 411 g/mol. The quantitative estimate of drug-likeness (QED) is 0.457. The highest BCUT2D eigenvalue weighted by molar-refractivity contribution is 7.98. The molecule has 0 spiro atoms. The summed E-state index contributed by atoms with van der Waals surface area (Å²) in [5.74, 6) is 1.75. The summed E-state index contributed by atoms with van der Waals surface area (Å²) in [5, 5.41) is 3.31. The van der Waals surface area contributed by atoms with Crippen LogP contribution >= 0.6 is 23.4 Å². The Kier molecular flexibility index (Phi) is 5.24. The van der Waals surface area contributed by atoms with Gasteiger partial charge in [0.1, 0.15) is 11.0 Å². The molecule has 0 fully saturated rings. The lowest BCUT2D eigenvalue weighted by Crippen LogP contribution is -2.20. The molecule has 0 aliphatic carbocycles. The van der Waals surface area contributed by atoms with Gasteiger partial charge >= 0.3 is 0 Å². The molecule has 0 saturated carbocycles. The lowest BCUT2D eigenvalue weighted by Gasteiger charge is -2.22. The maximum Gasteiger partial charge on any atom is 0.259 e. The lowest BCUT2D eigenvalue weighted by atomic mass is 10.2. The molecule has 4 rings (SSSR count). The van der Waals surface area contributed by atoms with Crippen LogP contribution < -0.4 is 10.2 Å². The molecule has 3 heterocycles. The minimum atomic E-state index is -0.189. The molecule has 3 aromatic rings. The average Bonchev–Trinajstić information content (AvgIpc) is 2.80. The molecule has 28 heavy (non-hydrogen) atoms. The molecule has 1 aliphatic rings. The number of carbonyl (C=O) groups is 1. The summed E-state index contributed by atoms with van der Waals surface area (Å²) >= 11 is 7.80. The number of carbonyl (C=O) groups excluding carboxylic acids is 1. The van der Waals surface area contributed by atoms with E-state index in [2.05, 4.69) is 46.5 Å². The van der Waals surface area contributed by atoms with Crippen LogP contribution in [0.25, 0.3) is 0 Å². The summed E-state index contributed by atoms with van der Waals surface area (Å²) in [7, 11) is 0. The first kappa shape index (κ1) is 18.8. The number of thioether (sulfide) groups is 1. The molecule has 1 aliphatic heterocycles. The van der Waals surface area contributed by atoms with E-state index in [4.69, 9.17) is 11.6 Å². The molecule has 2 aromatic heterocycles. The molecule has 0 bridgehead atoms. The van der Waals surface area contributed by atoms with Gasteiger partial charge in [0.15, 0.2) is 5.82 Å². The van der Waals surface area contributed by atoms with Crippen LogP contribution in [0.2, 0.25) is 5.15 Å². The largest absolute Gasteiger partial charge is 0.319 e. The molecular formula is C21H19ClN4OS. The summed E-state index contributed by atoms with van der Waals surface area (Å²) in [6.45, 7) is 4.69. The fourth-order valence-electron chi connectivity index (χ4n) is 3.15. The van der Waals surface area contributed by atoms with E-state index in [0.29, 0.717) is 34.6 Å². The van der Waals surface area contributed by atoms with Crippen LogP contribution in [-0.4, -0.2) is 22.4 Å². The zero-order valence-corrected chi connectivity index (χ0v) is 17.1. The number of hydrogen-bond acceptors (Lipinski definition) is 5. The topological polar surface area (TPSA) is 58.1 Å². The molecule has 0 unspecified atom stereocenters. The van der Waals surface area contributed by atoms with E-state index in [1.807, 2.05) is 24.1 Å². The Morgan fingerprint density at radius 1 is 1.18 bits per heavy atom. The molecule has 1 N–H and O–H groups in total. The van der Waals surface area contributed by atoms with Gasteiger partial charge in [-0.15, -0.1) is 11.8 Å². The van der Waals surface area contributed by atoms with E-state index >= 15 is 0 Å². The summed E-state index contributed by atoms with van der Waals surface area (Å²) in [6, 6.07) is 13.7. The van der Waals surface area contributed by atoms with Crippen molar-refractivity contribution in [1.29, 1.82) is 0 Å². The number of amides is 1. The van der Waals surface area contributed by atoms with Gasteiger partial charge in [-0.1, -0.05) is 29.3 Å².